The first-order chi connectivity index (χ1) is 9.54. The highest BCUT2D eigenvalue weighted by molar-refractivity contribution is 8.00. The molecule has 0 bridgehead atoms. The second kappa shape index (κ2) is 6.82. The molecular formula is C16H16ClNOS. The first-order valence-electron chi connectivity index (χ1n) is 6.30. The van der Waals surface area contributed by atoms with E-state index >= 15 is 0 Å². The molecule has 0 radical (unpaired) electrons. The van der Waals surface area contributed by atoms with Crippen LogP contribution < -0.4 is 5.32 Å². The third-order valence-electron chi connectivity index (χ3n) is 2.82. The number of nitrogens with one attached hydrogen (secondary N) is 1. The molecule has 0 aliphatic rings. The number of carbonyl (C=O) groups excluding carboxylic acids is 1. The number of amides is 1. The molecule has 1 amide bonds. The largest absolute Gasteiger partial charge is 0.325 e. The Morgan fingerprint density at radius 2 is 1.85 bits per heavy atom. The number of aryl methyl sites for hydroxylation is 2. The smallest absolute Gasteiger partial charge is 0.234 e. The molecule has 2 rings (SSSR count). The molecule has 0 atom stereocenters. The van der Waals surface area contributed by atoms with Gasteiger partial charge in [-0.1, -0.05) is 29.3 Å². The molecule has 20 heavy (non-hydrogen) atoms. The van der Waals surface area contributed by atoms with E-state index < -0.39 is 0 Å². The Hall–Kier alpha value is -1.45. The number of anilines is 1. The fourth-order valence-corrected chi connectivity index (χ4v) is 2.77. The third-order valence-corrected chi connectivity index (χ3v) is 4.24. The number of rotatable bonds is 4. The third kappa shape index (κ3) is 4.29. The average Bonchev–Trinajstić information content (AvgIpc) is 2.40. The van der Waals surface area contributed by atoms with Crippen molar-refractivity contribution >= 4 is 35.0 Å². The van der Waals surface area contributed by atoms with Crippen LogP contribution in [0.2, 0.25) is 5.02 Å². The molecule has 104 valence electrons. The Bertz CT molecular complexity index is 610. The maximum absolute atomic E-state index is 11.9. The molecule has 0 fully saturated rings. The van der Waals surface area contributed by atoms with Gasteiger partial charge in [-0.25, -0.2) is 0 Å². The molecule has 0 aromatic heterocycles. The second-order valence-electron chi connectivity index (χ2n) is 4.61. The Kier molecular flexibility index (Phi) is 5.10. The van der Waals surface area contributed by atoms with Gasteiger partial charge in [0.1, 0.15) is 0 Å². The zero-order chi connectivity index (χ0) is 14.5. The summed E-state index contributed by atoms with van der Waals surface area (Å²) in [7, 11) is 0. The van der Waals surface area contributed by atoms with Crippen LogP contribution in [0.5, 0.6) is 0 Å². The SMILES string of the molecule is Cc1ccc(SCC(=O)Nc2ccc(Cl)cc2)c(C)c1. The van der Waals surface area contributed by atoms with Gasteiger partial charge in [0.05, 0.1) is 5.75 Å². The summed E-state index contributed by atoms with van der Waals surface area (Å²) in [6.07, 6.45) is 0. The van der Waals surface area contributed by atoms with Gasteiger partial charge in [-0.3, -0.25) is 4.79 Å². The molecule has 0 saturated carbocycles. The minimum Gasteiger partial charge on any atom is -0.325 e. The molecule has 0 aliphatic heterocycles. The van der Waals surface area contributed by atoms with Gasteiger partial charge >= 0.3 is 0 Å². The molecule has 4 heteroatoms. The van der Waals surface area contributed by atoms with Gasteiger partial charge in [0.2, 0.25) is 5.91 Å². The molecular weight excluding hydrogens is 290 g/mol. The van der Waals surface area contributed by atoms with Crippen molar-refractivity contribution in [2.45, 2.75) is 18.7 Å². The summed E-state index contributed by atoms with van der Waals surface area (Å²) >= 11 is 7.35. The fraction of sp³-hybridized carbons (Fsp3) is 0.188. The van der Waals surface area contributed by atoms with E-state index in [1.165, 1.54) is 11.1 Å². The van der Waals surface area contributed by atoms with Crippen LogP contribution in [0, 0.1) is 13.8 Å². The lowest BCUT2D eigenvalue weighted by molar-refractivity contribution is -0.113. The van der Waals surface area contributed by atoms with Crippen LogP contribution in [0.3, 0.4) is 0 Å². The number of halogens is 1. The lowest BCUT2D eigenvalue weighted by Crippen LogP contribution is -2.13. The van der Waals surface area contributed by atoms with E-state index in [1.54, 1.807) is 36.0 Å². The Morgan fingerprint density at radius 3 is 2.50 bits per heavy atom. The van der Waals surface area contributed by atoms with Crippen LogP contribution in [-0.4, -0.2) is 11.7 Å². The van der Waals surface area contributed by atoms with Crippen molar-refractivity contribution in [1.29, 1.82) is 0 Å². The van der Waals surface area contributed by atoms with Crippen LogP contribution in [0.15, 0.2) is 47.4 Å². The van der Waals surface area contributed by atoms with Gasteiger partial charge in [0, 0.05) is 15.6 Å². The van der Waals surface area contributed by atoms with E-state index in [2.05, 4.69) is 37.4 Å². The normalized spacial score (nSPS) is 10.3. The van der Waals surface area contributed by atoms with Crippen LogP contribution in [-0.2, 0) is 4.79 Å². The zero-order valence-corrected chi connectivity index (χ0v) is 13.0. The molecule has 0 heterocycles. The number of benzene rings is 2. The predicted octanol–water partition coefficient (Wildman–Crippen LogP) is 4.69. The van der Waals surface area contributed by atoms with Crippen molar-refractivity contribution in [3.63, 3.8) is 0 Å². The molecule has 1 N–H and O–H groups in total. The Labute approximate surface area is 128 Å². The summed E-state index contributed by atoms with van der Waals surface area (Å²) < 4.78 is 0. The molecule has 0 saturated heterocycles. The van der Waals surface area contributed by atoms with Gasteiger partial charge in [-0.05, 0) is 49.7 Å². The van der Waals surface area contributed by atoms with E-state index in [0.717, 1.165) is 10.6 Å². The standard InChI is InChI=1S/C16H16ClNOS/c1-11-3-8-15(12(2)9-11)20-10-16(19)18-14-6-4-13(17)5-7-14/h3-9H,10H2,1-2H3,(H,18,19). The highest BCUT2D eigenvalue weighted by atomic mass is 35.5. The van der Waals surface area contributed by atoms with Crippen molar-refractivity contribution < 1.29 is 4.79 Å². The number of hydrogen-bond acceptors (Lipinski definition) is 2. The fourth-order valence-electron chi connectivity index (χ4n) is 1.83. The van der Waals surface area contributed by atoms with Crippen molar-refractivity contribution in [3.8, 4) is 0 Å². The first-order valence-corrected chi connectivity index (χ1v) is 7.66. The summed E-state index contributed by atoms with van der Waals surface area (Å²) in [5.41, 5.74) is 3.20. The number of hydrogen-bond donors (Lipinski definition) is 1. The monoisotopic (exact) mass is 305 g/mol. The average molecular weight is 306 g/mol. The van der Waals surface area contributed by atoms with Crippen LogP contribution in [0.4, 0.5) is 5.69 Å². The summed E-state index contributed by atoms with van der Waals surface area (Å²) in [6, 6.07) is 13.4. The van der Waals surface area contributed by atoms with Crippen LogP contribution in [0.25, 0.3) is 0 Å². The Balaban J connectivity index is 1.90. The lowest BCUT2D eigenvalue weighted by atomic mass is 10.2. The van der Waals surface area contributed by atoms with Crippen molar-refractivity contribution in [1.82, 2.24) is 0 Å². The quantitative estimate of drug-likeness (QED) is 0.830. The molecule has 2 nitrogen and oxygen atoms in total. The highest BCUT2D eigenvalue weighted by Gasteiger charge is 2.05. The number of thioether (sulfide) groups is 1. The number of carbonyl (C=O) groups is 1. The topological polar surface area (TPSA) is 29.1 Å². The van der Waals surface area contributed by atoms with E-state index in [9.17, 15) is 4.79 Å². The first kappa shape index (κ1) is 14.9. The van der Waals surface area contributed by atoms with E-state index in [4.69, 9.17) is 11.6 Å². The minimum absolute atomic E-state index is 0.0164. The minimum atomic E-state index is -0.0164. The van der Waals surface area contributed by atoms with Crippen LogP contribution >= 0.6 is 23.4 Å². The summed E-state index contributed by atoms with van der Waals surface area (Å²) in [6.45, 7) is 4.13. The van der Waals surface area contributed by atoms with Gasteiger partial charge in [-0.15, -0.1) is 11.8 Å². The maximum atomic E-state index is 11.9. The molecule has 2 aromatic carbocycles. The summed E-state index contributed by atoms with van der Waals surface area (Å²) in [5.74, 6) is 0.379. The predicted molar refractivity (Wildman–Crippen MR) is 86.7 cm³/mol. The van der Waals surface area contributed by atoms with Gasteiger partial charge in [-0.2, -0.15) is 0 Å². The second-order valence-corrected chi connectivity index (χ2v) is 6.07. The van der Waals surface area contributed by atoms with Crippen molar-refractivity contribution in [2.75, 3.05) is 11.1 Å². The zero-order valence-electron chi connectivity index (χ0n) is 11.4. The van der Waals surface area contributed by atoms with Crippen molar-refractivity contribution in [2.24, 2.45) is 0 Å². The molecule has 0 spiro atoms. The summed E-state index contributed by atoms with van der Waals surface area (Å²) in [5, 5.41) is 3.51. The van der Waals surface area contributed by atoms with Gasteiger partial charge in [0.25, 0.3) is 0 Å². The Morgan fingerprint density at radius 1 is 1.15 bits per heavy atom. The van der Waals surface area contributed by atoms with Gasteiger partial charge < -0.3 is 5.32 Å². The lowest BCUT2D eigenvalue weighted by Gasteiger charge is -2.07. The molecule has 0 unspecified atom stereocenters. The van der Waals surface area contributed by atoms with Crippen LogP contribution in [0.1, 0.15) is 11.1 Å². The summed E-state index contributed by atoms with van der Waals surface area (Å²) in [4.78, 5) is 13.0. The molecule has 2 aromatic rings. The van der Waals surface area contributed by atoms with E-state index in [-0.39, 0.29) is 5.91 Å². The van der Waals surface area contributed by atoms with E-state index in [1.807, 2.05) is 0 Å². The highest BCUT2D eigenvalue weighted by Crippen LogP contribution is 2.23. The van der Waals surface area contributed by atoms with E-state index in [0.29, 0.717) is 10.8 Å². The maximum Gasteiger partial charge on any atom is 0.234 e. The van der Waals surface area contributed by atoms with Gasteiger partial charge in [0.15, 0.2) is 0 Å². The van der Waals surface area contributed by atoms with Crippen molar-refractivity contribution in [3.05, 3.63) is 58.6 Å². The molecule has 0 aliphatic carbocycles.